The predicted molar refractivity (Wildman–Crippen MR) is 85.7 cm³/mol. The first kappa shape index (κ1) is 17.3. The van der Waals surface area contributed by atoms with Gasteiger partial charge >= 0.3 is 0 Å². The smallest absolute Gasteiger partial charge is 0.237 e. The number of benzene rings is 1. The van der Waals surface area contributed by atoms with Crippen molar-refractivity contribution in [3.05, 3.63) is 34.9 Å². The standard InChI is InChI=1S/C15H21ClN2O.ClH/c16-13-8-6-12(7-9-13)4-3-11-18-15(19)14-5-1-2-10-17-14;/h6-9,14,17H,1-5,10-11H2,(H,18,19);1H. The third kappa shape index (κ3) is 5.70. The lowest BCUT2D eigenvalue weighted by Crippen LogP contribution is -2.46. The summed E-state index contributed by atoms with van der Waals surface area (Å²) in [4.78, 5) is 11.9. The third-order valence-electron chi connectivity index (χ3n) is 3.48. The Balaban J connectivity index is 0.00000200. The van der Waals surface area contributed by atoms with Crippen molar-refractivity contribution in [2.45, 2.75) is 38.1 Å². The average Bonchev–Trinajstić information content (AvgIpc) is 2.46. The molecule has 0 bridgehead atoms. The first-order valence-corrected chi connectivity index (χ1v) is 7.39. The summed E-state index contributed by atoms with van der Waals surface area (Å²) in [6.45, 7) is 1.70. The van der Waals surface area contributed by atoms with Crippen molar-refractivity contribution >= 4 is 29.9 Å². The van der Waals surface area contributed by atoms with Crippen LogP contribution < -0.4 is 10.6 Å². The molecule has 0 spiro atoms. The summed E-state index contributed by atoms with van der Waals surface area (Å²) in [6.07, 6.45) is 5.22. The molecule has 1 aromatic carbocycles. The molecule has 2 rings (SSSR count). The Morgan fingerprint density at radius 3 is 2.70 bits per heavy atom. The van der Waals surface area contributed by atoms with Gasteiger partial charge in [-0.05, 0) is 49.9 Å². The first-order chi connectivity index (χ1) is 9.25. The molecule has 1 aromatic rings. The summed E-state index contributed by atoms with van der Waals surface area (Å²) in [5.74, 6) is 0.149. The molecule has 3 nitrogen and oxygen atoms in total. The summed E-state index contributed by atoms with van der Waals surface area (Å²) in [5, 5.41) is 7.03. The zero-order valence-corrected chi connectivity index (χ0v) is 13.1. The van der Waals surface area contributed by atoms with Gasteiger partial charge in [-0.2, -0.15) is 0 Å². The summed E-state index contributed by atoms with van der Waals surface area (Å²) >= 11 is 5.84. The van der Waals surface area contributed by atoms with E-state index in [0.29, 0.717) is 0 Å². The number of hydrogen-bond acceptors (Lipinski definition) is 2. The molecule has 0 radical (unpaired) electrons. The van der Waals surface area contributed by atoms with Gasteiger partial charge in [0.05, 0.1) is 6.04 Å². The second-order valence-corrected chi connectivity index (χ2v) is 5.46. The molecular formula is C15H22Cl2N2O. The van der Waals surface area contributed by atoms with Gasteiger partial charge in [-0.25, -0.2) is 0 Å². The molecule has 1 saturated heterocycles. The lowest BCUT2D eigenvalue weighted by Gasteiger charge is -2.22. The number of halogens is 2. The van der Waals surface area contributed by atoms with Crippen molar-refractivity contribution in [2.24, 2.45) is 0 Å². The minimum absolute atomic E-state index is 0. The quantitative estimate of drug-likeness (QED) is 0.820. The lowest BCUT2D eigenvalue weighted by molar-refractivity contribution is -0.123. The van der Waals surface area contributed by atoms with Crippen LogP contribution in [0.4, 0.5) is 0 Å². The van der Waals surface area contributed by atoms with Crippen LogP contribution in [-0.2, 0) is 11.2 Å². The molecule has 0 aromatic heterocycles. The summed E-state index contributed by atoms with van der Waals surface area (Å²) in [5.41, 5.74) is 1.26. The van der Waals surface area contributed by atoms with Crippen LogP contribution >= 0.6 is 24.0 Å². The molecule has 1 fully saturated rings. The van der Waals surface area contributed by atoms with Crippen LogP contribution in [0, 0.1) is 0 Å². The molecule has 1 atom stereocenters. The van der Waals surface area contributed by atoms with E-state index in [2.05, 4.69) is 10.6 Å². The van der Waals surface area contributed by atoms with Gasteiger partial charge in [-0.3, -0.25) is 4.79 Å². The Kier molecular flexibility index (Phi) is 7.97. The molecule has 1 amide bonds. The van der Waals surface area contributed by atoms with Crippen LogP contribution in [0.2, 0.25) is 5.02 Å². The van der Waals surface area contributed by atoms with Crippen molar-refractivity contribution in [2.75, 3.05) is 13.1 Å². The second-order valence-electron chi connectivity index (χ2n) is 5.02. The molecule has 0 saturated carbocycles. The van der Waals surface area contributed by atoms with E-state index in [1.807, 2.05) is 24.3 Å². The van der Waals surface area contributed by atoms with E-state index in [1.54, 1.807) is 0 Å². The lowest BCUT2D eigenvalue weighted by atomic mass is 10.0. The summed E-state index contributed by atoms with van der Waals surface area (Å²) < 4.78 is 0. The van der Waals surface area contributed by atoms with Crippen LogP contribution in [0.1, 0.15) is 31.2 Å². The van der Waals surface area contributed by atoms with Crippen LogP contribution in [0.5, 0.6) is 0 Å². The van der Waals surface area contributed by atoms with E-state index in [4.69, 9.17) is 11.6 Å². The Morgan fingerprint density at radius 2 is 2.05 bits per heavy atom. The Morgan fingerprint density at radius 1 is 1.30 bits per heavy atom. The number of amides is 1. The summed E-state index contributed by atoms with van der Waals surface area (Å²) in [7, 11) is 0. The maximum absolute atomic E-state index is 11.9. The van der Waals surface area contributed by atoms with Crippen LogP contribution in [0.3, 0.4) is 0 Å². The number of carbonyl (C=O) groups is 1. The fourth-order valence-electron chi connectivity index (χ4n) is 2.35. The fourth-order valence-corrected chi connectivity index (χ4v) is 2.48. The van der Waals surface area contributed by atoms with Gasteiger partial charge in [0.15, 0.2) is 0 Å². The highest BCUT2D eigenvalue weighted by Crippen LogP contribution is 2.11. The van der Waals surface area contributed by atoms with Gasteiger partial charge in [0, 0.05) is 11.6 Å². The normalized spacial score (nSPS) is 18.1. The van der Waals surface area contributed by atoms with Gasteiger partial charge in [0.2, 0.25) is 5.91 Å². The minimum Gasteiger partial charge on any atom is -0.355 e. The number of piperidine rings is 1. The first-order valence-electron chi connectivity index (χ1n) is 7.01. The van der Waals surface area contributed by atoms with Crippen molar-refractivity contribution in [1.82, 2.24) is 10.6 Å². The van der Waals surface area contributed by atoms with E-state index < -0.39 is 0 Å². The van der Waals surface area contributed by atoms with Crippen LogP contribution in [-0.4, -0.2) is 25.0 Å². The highest BCUT2D eigenvalue weighted by atomic mass is 35.5. The molecule has 20 heavy (non-hydrogen) atoms. The molecule has 1 heterocycles. The van der Waals surface area contributed by atoms with Crippen LogP contribution in [0.15, 0.2) is 24.3 Å². The average molecular weight is 317 g/mol. The molecular weight excluding hydrogens is 295 g/mol. The van der Waals surface area contributed by atoms with Crippen molar-refractivity contribution in [3.63, 3.8) is 0 Å². The van der Waals surface area contributed by atoms with Crippen molar-refractivity contribution in [3.8, 4) is 0 Å². The van der Waals surface area contributed by atoms with E-state index in [0.717, 1.165) is 43.8 Å². The molecule has 2 N–H and O–H groups in total. The molecule has 5 heteroatoms. The maximum Gasteiger partial charge on any atom is 0.237 e. The SMILES string of the molecule is Cl.O=C(NCCCc1ccc(Cl)cc1)C1CCCCN1. The topological polar surface area (TPSA) is 41.1 Å². The van der Waals surface area contributed by atoms with Crippen molar-refractivity contribution < 1.29 is 4.79 Å². The zero-order valence-electron chi connectivity index (χ0n) is 11.5. The minimum atomic E-state index is 0. The number of rotatable bonds is 5. The highest BCUT2D eigenvalue weighted by Gasteiger charge is 2.19. The fraction of sp³-hybridized carbons (Fsp3) is 0.533. The summed E-state index contributed by atoms with van der Waals surface area (Å²) in [6, 6.07) is 7.90. The predicted octanol–water partition coefficient (Wildman–Crippen LogP) is 2.95. The van der Waals surface area contributed by atoms with Gasteiger partial charge in [0.1, 0.15) is 0 Å². The molecule has 0 aliphatic carbocycles. The molecule has 112 valence electrons. The van der Waals surface area contributed by atoms with Gasteiger partial charge in [-0.1, -0.05) is 30.2 Å². The van der Waals surface area contributed by atoms with E-state index in [1.165, 1.54) is 12.0 Å². The monoisotopic (exact) mass is 316 g/mol. The number of nitrogens with one attached hydrogen (secondary N) is 2. The second kappa shape index (κ2) is 9.22. The van der Waals surface area contributed by atoms with E-state index in [9.17, 15) is 4.79 Å². The Labute approximate surface area is 131 Å². The number of carbonyl (C=O) groups excluding carboxylic acids is 1. The highest BCUT2D eigenvalue weighted by molar-refractivity contribution is 6.30. The van der Waals surface area contributed by atoms with Crippen molar-refractivity contribution in [1.29, 1.82) is 0 Å². The number of aryl methyl sites for hydroxylation is 1. The van der Waals surface area contributed by atoms with E-state index in [-0.39, 0.29) is 24.4 Å². The molecule has 1 aliphatic rings. The molecule has 1 unspecified atom stereocenters. The maximum atomic E-state index is 11.9. The molecule has 1 aliphatic heterocycles. The van der Waals surface area contributed by atoms with Gasteiger partial charge < -0.3 is 10.6 Å². The number of hydrogen-bond donors (Lipinski definition) is 2. The Hall–Kier alpha value is -0.770. The van der Waals surface area contributed by atoms with Gasteiger partial charge in [0.25, 0.3) is 0 Å². The zero-order chi connectivity index (χ0) is 13.5. The van der Waals surface area contributed by atoms with E-state index >= 15 is 0 Å². The van der Waals surface area contributed by atoms with Gasteiger partial charge in [-0.15, -0.1) is 12.4 Å². The van der Waals surface area contributed by atoms with Crippen LogP contribution in [0.25, 0.3) is 0 Å². The Bertz CT molecular complexity index is 403. The third-order valence-corrected chi connectivity index (χ3v) is 3.73. The largest absolute Gasteiger partial charge is 0.355 e.